The highest BCUT2D eigenvalue weighted by atomic mass is 32.1. The molecule has 0 fully saturated rings. The summed E-state index contributed by atoms with van der Waals surface area (Å²) < 4.78 is 5.00. The van der Waals surface area contributed by atoms with Gasteiger partial charge in [0.05, 0.1) is 16.7 Å². The fourth-order valence-corrected chi connectivity index (χ4v) is 11.5. The standard InChI is InChI=1S/C66H44N2S/c1-2-16-48(17-3-1)53-18-4-5-19-54(53)55-20-6-7-21-56(55)57-22-8-12-26-62(57)67(51-39-34-47(35-40-51)49-36-43-61-60-25-11-15-29-65(60)69-66(61)44-49)50-37-30-45(31-38-50)46-32-41-52(42-33-46)68-63-27-13-9-23-58(63)59-24-10-14-28-64(59)68/h1-44H. The molecular formula is C66H44N2S. The number of anilines is 3. The summed E-state index contributed by atoms with van der Waals surface area (Å²) >= 11 is 1.86. The number of hydrogen-bond donors (Lipinski definition) is 0. The minimum atomic E-state index is 1.08. The first-order valence-electron chi connectivity index (χ1n) is 23.6. The van der Waals surface area contributed by atoms with Crippen LogP contribution in [0, 0.1) is 0 Å². The van der Waals surface area contributed by atoms with Gasteiger partial charge in [0.15, 0.2) is 0 Å². The molecule has 11 aromatic carbocycles. The topological polar surface area (TPSA) is 8.17 Å². The van der Waals surface area contributed by atoms with Crippen LogP contribution in [-0.4, -0.2) is 4.57 Å². The number of fused-ring (bicyclic) bond motifs is 6. The molecule has 0 radical (unpaired) electrons. The van der Waals surface area contributed by atoms with Crippen LogP contribution in [0.4, 0.5) is 17.1 Å². The Hall–Kier alpha value is -8.76. The van der Waals surface area contributed by atoms with Crippen molar-refractivity contribution in [3.8, 4) is 61.3 Å². The van der Waals surface area contributed by atoms with E-state index in [9.17, 15) is 0 Å². The van der Waals surface area contributed by atoms with Crippen molar-refractivity contribution in [3.05, 3.63) is 267 Å². The van der Waals surface area contributed by atoms with Gasteiger partial charge in [-0.2, -0.15) is 0 Å². The fourth-order valence-electron chi connectivity index (χ4n) is 10.4. The first kappa shape index (κ1) is 40.5. The van der Waals surface area contributed by atoms with Gasteiger partial charge in [-0.3, -0.25) is 0 Å². The number of thiophene rings is 1. The average molecular weight is 897 g/mol. The van der Waals surface area contributed by atoms with E-state index in [4.69, 9.17) is 0 Å². The molecule has 3 heteroatoms. The molecule has 0 unspecified atom stereocenters. The molecule has 2 aromatic heterocycles. The van der Waals surface area contributed by atoms with E-state index in [-0.39, 0.29) is 0 Å². The van der Waals surface area contributed by atoms with Crippen LogP contribution in [0.1, 0.15) is 0 Å². The third-order valence-electron chi connectivity index (χ3n) is 13.7. The quantitative estimate of drug-likeness (QED) is 0.140. The largest absolute Gasteiger partial charge is 0.310 e. The summed E-state index contributed by atoms with van der Waals surface area (Å²) in [6, 6.07) is 97.3. The Kier molecular flexibility index (Phi) is 10.1. The third-order valence-corrected chi connectivity index (χ3v) is 14.8. The zero-order valence-corrected chi connectivity index (χ0v) is 38.5. The van der Waals surface area contributed by atoms with Gasteiger partial charge in [-0.05, 0) is 117 Å². The Morgan fingerprint density at radius 1 is 0.275 bits per heavy atom. The maximum absolute atomic E-state index is 2.42. The highest BCUT2D eigenvalue weighted by Gasteiger charge is 2.21. The van der Waals surface area contributed by atoms with Crippen LogP contribution >= 0.6 is 11.3 Å². The fraction of sp³-hybridized carbons (Fsp3) is 0. The van der Waals surface area contributed by atoms with Crippen molar-refractivity contribution in [1.29, 1.82) is 0 Å². The lowest BCUT2D eigenvalue weighted by molar-refractivity contribution is 1.18. The van der Waals surface area contributed by atoms with Crippen molar-refractivity contribution < 1.29 is 0 Å². The van der Waals surface area contributed by atoms with Gasteiger partial charge in [0.2, 0.25) is 0 Å². The molecule has 2 heterocycles. The third kappa shape index (κ3) is 7.20. The van der Waals surface area contributed by atoms with Gasteiger partial charge in [0, 0.05) is 53.6 Å². The zero-order chi connectivity index (χ0) is 45.7. The number of para-hydroxylation sites is 3. The molecule has 13 aromatic rings. The minimum Gasteiger partial charge on any atom is -0.310 e. The lowest BCUT2D eigenvalue weighted by Crippen LogP contribution is -2.11. The number of aromatic nitrogens is 1. The van der Waals surface area contributed by atoms with Gasteiger partial charge in [0.25, 0.3) is 0 Å². The minimum absolute atomic E-state index is 1.08. The summed E-state index contributed by atoms with van der Waals surface area (Å²) in [7, 11) is 0. The Morgan fingerprint density at radius 3 is 1.35 bits per heavy atom. The molecule has 69 heavy (non-hydrogen) atoms. The summed E-state index contributed by atoms with van der Waals surface area (Å²) in [6.45, 7) is 0. The van der Waals surface area contributed by atoms with Crippen LogP contribution in [0.5, 0.6) is 0 Å². The van der Waals surface area contributed by atoms with Crippen molar-refractivity contribution in [2.24, 2.45) is 0 Å². The van der Waals surface area contributed by atoms with Crippen molar-refractivity contribution in [1.82, 2.24) is 4.57 Å². The van der Waals surface area contributed by atoms with E-state index >= 15 is 0 Å². The number of benzene rings is 11. The Labute approximate surface area is 405 Å². The van der Waals surface area contributed by atoms with E-state index in [1.807, 2.05) is 11.3 Å². The van der Waals surface area contributed by atoms with Crippen molar-refractivity contribution in [2.75, 3.05) is 4.90 Å². The highest BCUT2D eigenvalue weighted by Crippen LogP contribution is 2.46. The van der Waals surface area contributed by atoms with Gasteiger partial charge in [-0.15, -0.1) is 11.3 Å². The van der Waals surface area contributed by atoms with Gasteiger partial charge in [0.1, 0.15) is 0 Å². The molecule has 0 aliphatic rings. The predicted octanol–water partition coefficient (Wildman–Crippen LogP) is 19.0. The van der Waals surface area contributed by atoms with Crippen molar-refractivity contribution >= 4 is 70.4 Å². The highest BCUT2D eigenvalue weighted by molar-refractivity contribution is 7.25. The maximum Gasteiger partial charge on any atom is 0.0541 e. The normalized spacial score (nSPS) is 11.5. The van der Waals surface area contributed by atoms with Gasteiger partial charge >= 0.3 is 0 Å². The maximum atomic E-state index is 2.42. The summed E-state index contributed by atoms with van der Waals surface area (Å²) in [6.07, 6.45) is 0. The van der Waals surface area contributed by atoms with E-state index in [1.165, 1.54) is 86.5 Å². The van der Waals surface area contributed by atoms with Crippen LogP contribution in [0.2, 0.25) is 0 Å². The molecule has 0 aliphatic carbocycles. The molecular weight excluding hydrogens is 853 g/mol. The second-order valence-corrected chi connectivity index (χ2v) is 18.7. The SMILES string of the molecule is c1ccc(-c2ccccc2-c2ccccc2-c2ccccc2N(c2ccc(-c3ccc(-n4c5ccccc5c5ccccc54)cc3)cc2)c2ccc(-c3ccc4c(c3)sc3ccccc34)cc2)cc1. The van der Waals surface area contributed by atoms with Crippen molar-refractivity contribution in [3.63, 3.8) is 0 Å². The van der Waals surface area contributed by atoms with Gasteiger partial charge in [-0.25, -0.2) is 0 Å². The van der Waals surface area contributed by atoms with Gasteiger partial charge in [-0.1, -0.05) is 200 Å². The second kappa shape index (κ2) is 17.2. The molecule has 0 atom stereocenters. The molecule has 0 spiro atoms. The summed E-state index contributed by atoms with van der Waals surface area (Å²) in [5.74, 6) is 0. The van der Waals surface area contributed by atoms with Crippen LogP contribution in [-0.2, 0) is 0 Å². The Balaban J connectivity index is 0.909. The first-order chi connectivity index (χ1) is 34.2. The van der Waals surface area contributed by atoms with Crippen LogP contribution in [0.15, 0.2) is 267 Å². The van der Waals surface area contributed by atoms with E-state index < -0.39 is 0 Å². The molecule has 2 nitrogen and oxygen atoms in total. The van der Waals surface area contributed by atoms with Crippen molar-refractivity contribution in [2.45, 2.75) is 0 Å². The number of hydrogen-bond acceptors (Lipinski definition) is 2. The molecule has 324 valence electrons. The van der Waals surface area contributed by atoms with Crippen LogP contribution in [0.25, 0.3) is 103 Å². The summed E-state index contributed by atoms with van der Waals surface area (Å²) in [5.41, 5.74) is 18.7. The number of nitrogens with zero attached hydrogens (tertiary/aromatic N) is 2. The van der Waals surface area contributed by atoms with Crippen LogP contribution < -0.4 is 4.90 Å². The Morgan fingerprint density at radius 2 is 0.710 bits per heavy atom. The lowest BCUT2D eigenvalue weighted by atomic mass is 9.88. The molecule has 0 bridgehead atoms. The van der Waals surface area contributed by atoms with E-state index in [1.54, 1.807) is 0 Å². The first-order valence-corrected chi connectivity index (χ1v) is 24.4. The summed E-state index contributed by atoms with van der Waals surface area (Å²) in [5, 5.41) is 5.17. The molecule has 13 rings (SSSR count). The molecule has 0 amide bonds. The molecule has 0 N–H and O–H groups in total. The monoisotopic (exact) mass is 896 g/mol. The zero-order valence-electron chi connectivity index (χ0n) is 37.7. The average Bonchev–Trinajstić information content (AvgIpc) is 3.97. The molecule has 0 saturated carbocycles. The predicted molar refractivity (Wildman–Crippen MR) is 296 cm³/mol. The van der Waals surface area contributed by atoms with E-state index in [0.29, 0.717) is 0 Å². The molecule has 0 saturated heterocycles. The summed E-state index contributed by atoms with van der Waals surface area (Å²) in [4.78, 5) is 2.42. The molecule has 0 aliphatic heterocycles. The Bertz CT molecular complexity index is 3940. The van der Waals surface area contributed by atoms with Crippen LogP contribution in [0.3, 0.4) is 0 Å². The van der Waals surface area contributed by atoms with E-state index in [0.717, 1.165) is 33.9 Å². The smallest absolute Gasteiger partial charge is 0.0541 e. The number of rotatable bonds is 9. The van der Waals surface area contributed by atoms with Gasteiger partial charge < -0.3 is 9.47 Å². The van der Waals surface area contributed by atoms with E-state index in [2.05, 4.69) is 276 Å². The second-order valence-electron chi connectivity index (χ2n) is 17.6. The lowest BCUT2D eigenvalue weighted by Gasteiger charge is -2.29.